The number of urea groups is 1. The number of nitrogens with one attached hydrogen (secondary N) is 2. The van der Waals surface area contributed by atoms with Crippen LogP contribution in [0.3, 0.4) is 0 Å². The molecule has 2 atom stereocenters. The van der Waals surface area contributed by atoms with E-state index < -0.39 is 5.54 Å². The van der Waals surface area contributed by atoms with Gasteiger partial charge in [0.1, 0.15) is 5.01 Å². The van der Waals surface area contributed by atoms with Crippen molar-refractivity contribution in [2.75, 3.05) is 6.61 Å². The molecule has 0 spiro atoms. The molecule has 1 aliphatic carbocycles. The van der Waals surface area contributed by atoms with Gasteiger partial charge in [0.25, 0.3) is 0 Å². The molecule has 6 heteroatoms. The van der Waals surface area contributed by atoms with E-state index >= 15 is 0 Å². The first-order valence-electron chi connectivity index (χ1n) is 8.06. The molecule has 124 valence electrons. The molecule has 0 aliphatic heterocycles. The number of aryl methyl sites for hydroxylation is 1. The Labute approximate surface area is 136 Å². The van der Waals surface area contributed by atoms with E-state index in [1.165, 1.54) is 19.3 Å². The van der Waals surface area contributed by atoms with E-state index in [-0.39, 0.29) is 18.7 Å². The van der Waals surface area contributed by atoms with Gasteiger partial charge in [0.15, 0.2) is 0 Å². The minimum Gasteiger partial charge on any atom is -0.394 e. The summed E-state index contributed by atoms with van der Waals surface area (Å²) in [7, 11) is 0. The topological polar surface area (TPSA) is 74.2 Å². The summed E-state index contributed by atoms with van der Waals surface area (Å²) in [6.07, 6.45) is 7.56. The fourth-order valence-electron chi connectivity index (χ4n) is 3.14. The van der Waals surface area contributed by atoms with Crippen molar-refractivity contribution in [1.29, 1.82) is 0 Å². The van der Waals surface area contributed by atoms with Gasteiger partial charge in [-0.05, 0) is 39.5 Å². The fraction of sp³-hybridized carbons (Fsp3) is 0.750. The summed E-state index contributed by atoms with van der Waals surface area (Å²) in [5.41, 5.74) is -0.553. The highest BCUT2D eigenvalue weighted by atomic mass is 32.1. The Morgan fingerprint density at radius 1 is 1.50 bits per heavy atom. The molecule has 2 unspecified atom stereocenters. The van der Waals surface area contributed by atoms with Crippen LogP contribution in [0.1, 0.15) is 61.9 Å². The maximum absolute atomic E-state index is 12.3. The van der Waals surface area contributed by atoms with Crippen LogP contribution in [0.15, 0.2) is 6.20 Å². The van der Waals surface area contributed by atoms with Gasteiger partial charge in [0, 0.05) is 11.1 Å². The summed E-state index contributed by atoms with van der Waals surface area (Å²) < 4.78 is 0. The van der Waals surface area contributed by atoms with Crippen molar-refractivity contribution in [3.8, 4) is 0 Å². The second-order valence-corrected chi connectivity index (χ2v) is 7.81. The molecular formula is C16H27N3O2S. The molecule has 1 aromatic rings. The highest BCUT2D eigenvalue weighted by Crippen LogP contribution is 2.32. The number of nitrogens with zero attached hydrogens (tertiary/aromatic N) is 1. The second kappa shape index (κ2) is 7.42. The number of aromatic nitrogens is 1. The molecule has 1 heterocycles. The van der Waals surface area contributed by atoms with Crippen molar-refractivity contribution < 1.29 is 9.90 Å². The fourth-order valence-corrected chi connectivity index (χ4v) is 3.91. The molecule has 5 nitrogen and oxygen atoms in total. The Hall–Kier alpha value is -1.14. The van der Waals surface area contributed by atoms with Gasteiger partial charge in [-0.15, -0.1) is 11.3 Å². The first-order chi connectivity index (χ1) is 10.4. The minimum atomic E-state index is -0.553. The Kier molecular flexibility index (Phi) is 5.81. The quantitative estimate of drug-likeness (QED) is 0.778. The summed E-state index contributed by atoms with van der Waals surface area (Å²) in [6.45, 7) is 5.84. The number of thiazole rings is 1. The summed E-state index contributed by atoms with van der Waals surface area (Å²) in [4.78, 5) is 17.7. The molecule has 22 heavy (non-hydrogen) atoms. The maximum atomic E-state index is 12.3. The average Bonchev–Trinajstić information content (AvgIpc) is 2.94. The molecule has 0 aromatic carbocycles. The van der Waals surface area contributed by atoms with E-state index in [4.69, 9.17) is 0 Å². The summed E-state index contributed by atoms with van der Waals surface area (Å²) >= 11 is 1.59. The van der Waals surface area contributed by atoms with Crippen molar-refractivity contribution in [3.05, 3.63) is 16.1 Å². The zero-order valence-electron chi connectivity index (χ0n) is 13.7. The lowest BCUT2D eigenvalue weighted by Crippen LogP contribution is -2.57. The summed E-state index contributed by atoms with van der Waals surface area (Å²) in [6, 6.07) is -0.365. The number of rotatable bonds is 5. The van der Waals surface area contributed by atoms with Crippen LogP contribution in [-0.2, 0) is 0 Å². The first kappa shape index (κ1) is 17.2. The molecule has 0 radical (unpaired) electrons. The standard InChI is InChI=1S/C16H27N3O2S/c1-11-9-17-14(22-11)12(2)18-15(21)19-16(3,10-20)13-7-5-4-6-8-13/h9,12-13,20H,4-8,10H2,1-3H3,(H2,18,19,21). The molecule has 1 fully saturated rings. The lowest BCUT2D eigenvalue weighted by molar-refractivity contribution is 0.101. The number of aliphatic hydroxyl groups excluding tert-OH is 1. The van der Waals surface area contributed by atoms with Gasteiger partial charge in [-0.25, -0.2) is 9.78 Å². The third-order valence-electron chi connectivity index (χ3n) is 4.59. The van der Waals surface area contributed by atoms with Crippen LogP contribution in [0, 0.1) is 12.8 Å². The highest BCUT2D eigenvalue weighted by Gasteiger charge is 2.36. The first-order valence-corrected chi connectivity index (χ1v) is 8.88. The minimum absolute atomic E-state index is 0.0319. The Morgan fingerprint density at radius 2 is 2.18 bits per heavy atom. The van der Waals surface area contributed by atoms with E-state index in [2.05, 4.69) is 15.6 Å². The zero-order valence-corrected chi connectivity index (χ0v) is 14.5. The third kappa shape index (κ3) is 4.20. The molecule has 1 saturated carbocycles. The lowest BCUT2D eigenvalue weighted by atomic mass is 9.76. The predicted octanol–water partition coefficient (Wildman–Crippen LogP) is 3.14. The van der Waals surface area contributed by atoms with Crippen molar-refractivity contribution in [2.45, 2.75) is 64.5 Å². The van der Waals surface area contributed by atoms with Gasteiger partial charge in [-0.2, -0.15) is 0 Å². The molecule has 2 rings (SSSR count). The second-order valence-electron chi connectivity index (χ2n) is 6.54. The van der Waals surface area contributed by atoms with Crippen LogP contribution in [0.2, 0.25) is 0 Å². The predicted molar refractivity (Wildman–Crippen MR) is 89.0 cm³/mol. The van der Waals surface area contributed by atoms with E-state index in [1.54, 1.807) is 11.3 Å². The molecule has 0 saturated heterocycles. The van der Waals surface area contributed by atoms with Gasteiger partial charge < -0.3 is 15.7 Å². The van der Waals surface area contributed by atoms with E-state index in [9.17, 15) is 9.90 Å². The van der Waals surface area contributed by atoms with Crippen LogP contribution in [-0.4, -0.2) is 28.3 Å². The molecule has 0 bridgehead atoms. The zero-order chi connectivity index (χ0) is 16.2. The van der Waals surface area contributed by atoms with Gasteiger partial charge in [-0.3, -0.25) is 0 Å². The van der Waals surface area contributed by atoms with Crippen LogP contribution >= 0.6 is 11.3 Å². The van der Waals surface area contributed by atoms with Crippen LogP contribution in [0.4, 0.5) is 4.79 Å². The molecule has 2 amide bonds. The van der Waals surface area contributed by atoms with E-state index in [0.717, 1.165) is 22.7 Å². The average molecular weight is 325 g/mol. The number of hydrogen-bond donors (Lipinski definition) is 3. The number of hydrogen-bond acceptors (Lipinski definition) is 4. The van der Waals surface area contributed by atoms with Gasteiger partial charge in [0.05, 0.1) is 18.2 Å². The Morgan fingerprint density at radius 3 is 2.73 bits per heavy atom. The third-order valence-corrected chi connectivity index (χ3v) is 5.69. The molecule has 1 aromatic heterocycles. The van der Waals surface area contributed by atoms with E-state index in [0.29, 0.717) is 5.92 Å². The monoisotopic (exact) mass is 325 g/mol. The number of amides is 2. The van der Waals surface area contributed by atoms with Gasteiger partial charge in [0.2, 0.25) is 0 Å². The van der Waals surface area contributed by atoms with Gasteiger partial charge >= 0.3 is 6.03 Å². The van der Waals surface area contributed by atoms with Crippen molar-refractivity contribution in [2.24, 2.45) is 5.92 Å². The van der Waals surface area contributed by atoms with Gasteiger partial charge in [-0.1, -0.05) is 19.3 Å². The van der Waals surface area contributed by atoms with Crippen molar-refractivity contribution in [3.63, 3.8) is 0 Å². The number of carbonyl (C=O) groups excluding carboxylic acids is 1. The Bertz CT molecular complexity index is 499. The van der Waals surface area contributed by atoms with Crippen LogP contribution in [0.25, 0.3) is 0 Å². The molecule has 3 N–H and O–H groups in total. The molecule has 1 aliphatic rings. The lowest BCUT2D eigenvalue weighted by Gasteiger charge is -2.39. The Balaban J connectivity index is 1.93. The summed E-state index contributed by atoms with van der Waals surface area (Å²) in [5.74, 6) is 0.342. The smallest absolute Gasteiger partial charge is 0.315 e. The normalized spacial score (nSPS) is 20.2. The van der Waals surface area contributed by atoms with Crippen LogP contribution in [0.5, 0.6) is 0 Å². The maximum Gasteiger partial charge on any atom is 0.315 e. The van der Waals surface area contributed by atoms with Crippen molar-refractivity contribution in [1.82, 2.24) is 15.6 Å². The largest absolute Gasteiger partial charge is 0.394 e. The number of carbonyl (C=O) groups is 1. The summed E-state index contributed by atoms with van der Waals surface area (Å²) in [5, 5.41) is 16.6. The molecular weight excluding hydrogens is 298 g/mol. The van der Waals surface area contributed by atoms with E-state index in [1.807, 2.05) is 27.0 Å². The SMILES string of the molecule is Cc1cnc(C(C)NC(=O)NC(C)(CO)C2CCCCC2)s1. The highest BCUT2D eigenvalue weighted by molar-refractivity contribution is 7.11. The number of aliphatic hydroxyl groups is 1. The van der Waals surface area contributed by atoms with Crippen LogP contribution < -0.4 is 10.6 Å². The van der Waals surface area contributed by atoms with Crippen molar-refractivity contribution >= 4 is 17.4 Å².